The van der Waals surface area contributed by atoms with Gasteiger partial charge < -0.3 is 20.1 Å². The molecule has 2 rings (SSSR count). The molecule has 0 aliphatic heterocycles. The molecule has 22 heavy (non-hydrogen) atoms. The van der Waals surface area contributed by atoms with Gasteiger partial charge in [-0.05, 0) is 18.1 Å². The molecule has 1 heterocycles. The minimum Gasteiger partial charge on any atom is -0.468 e. The van der Waals surface area contributed by atoms with Gasteiger partial charge >= 0.3 is 7.12 Å². The highest BCUT2D eigenvalue weighted by Gasteiger charge is 2.25. The van der Waals surface area contributed by atoms with E-state index >= 15 is 0 Å². The van der Waals surface area contributed by atoms with Crippen LogP contribution >= 0.6 is 0 Å². The molecule has 0 bridgehead atoms. The number of amides is 1. The van der Waals surface area contributed by atoms with Gasteiger partial charge in [-0.15, -0.1) is 0 Å². The number of ether oxygens (including phenoxy) is 1. The summed E-state index contributed by atoms with van der Waals surface area (Å²) in [5.74, 6) is -0.913. The quantitative estimate of drug-likeness (QED) is 0.635. The van der Waals surface area contributed by atoms with Gasteiger partial charge in [0.1, 0.15) is 0 Å². The Hall–Kier alpha value is -2.38. The van der Waals surface area contributed by atoms with E-state index in [1.54, 1.807) is 24.4 Å². The third-order valence-corrected chi connectivity index (χ3v) is 2.99. The Labute approximate surface area is 128 Å². The fourth-order valence-electron chi connectivity index (χ4n) is 1.92. The molecule has 0 aliphatic rings. The van der Waals surface area contributed by atoms with Gasteiger partial charge in [-0.3, -0.25) is 4.79 Å². The summed E-state index contributed by atoms with van der Waals surface area (Å²) >= 11 is 0. The zero-order chi connectivity index (χ0) is 15.8. The number of pyridine rings is 1. The zero-order valence-corrected chi connectivity index (χ0v) is 11.9. The molecule has 1 aromatic carbocycles. The standard InChI is InChI=1S/C15H17BN2O4/c19-14(11-22-15-8-4-5-9-17-15)18-13(16(20)21)10-12-6-2-1-3-7-12/h1-9,13,20-21H,10-11H2,(H,18,19)/t13-/m0/s1. The first kappa shape index (κ1) is 16.0. The lowest BCUT2D eigenvalue weighted by Gasteiger charge is -2.18. The molecule has 0 saturated heterocycles. The lowest BCUT2D eigenvalue weighted by molar-refractivity contribution is -0.123. The van der Waals surface area contributed by atoms with Gasteiger partial charge in [0.2, 0.25) is 5.88 Å². The topological polar surface area (TPSA) is 91.7 Å². The number of hydrogen-bond acceptors (Lipinski definition) is 5. The maximum atomic E-state index is 11.8. The van der Waals surface area contributed by atoms with Crippen LogP contribution in [0.15, 0.2) is 54.7 Å². The smallest absolute Gasteiger partial charge is 0.468 e. The molecule has 0 radical (unpaired) electrons. The number of hydrogen-bond donors (Lipinski definition) is 3. The predicted octanol–water partition coefficient (Wildman–Crippen LogP) is 0.200. The van der Waals surface area contributed by atoms with Crippen molar-refractivity contribution >= 4 is 13.0 Å². The largest absolute Gasteiger partial charge is 0.475 e. The van der Waals surface area contributed by atoms with Crippen molar-refractivity contribution in [3.63, 3.8) is 0 Å². The fourth-order valence-corrected chi connectivity index (χ4v) is 1.92. The van der Waals surface area contributed by atoms with Gasteiger partial charge in [0.05, 0.1) is 5.94 Å². The number of rotatable bonds is 7. The summed E-state index contributed by atoms with van der Waals surface area (Å²) < 4.78 is 5.21. The number of aromatic nitrogens is 1. The normalized spacial score (nSPS) is 11.5. The predicted molar refractivity (Wildman–Crippen MR) is 82.0 cm³/mol. The lowest BCUT2D eigenvalue weighted by atomic mass is 9.76. The third kappa shape index (κ3) is 5.19. The molecule has 114 valence electrons. The first-order valence-electron chi connectivity index (χ1n) is 6.88. The molecule has 0 saturated carbocycles. The molecule has 7 heteroatoms. The van der Waals surface area contributed by atoms with E-state index in [4.69, 9.17) is 4.74 Å². The van der Waals surface area contributed by atoms with Crippen LogP contribution in [0.5, 0.6) is 5.88 Å². The minimum atomic E-state index is -1.65. The van der Waals surface area contributed by atoms with E-state index in [1.807, 2.05) is 30.3 Å². The second-order valence-corrected chi connectivity index (χ2v) is 4.73. The van der Waals surface area contributed by atoms with Crippen molar-refractivity contribution < 1.29 is 19.6 Å². The van der Waals surface area contributed by atoms with Gasteiger partial charge in [0.15, 0.2) is 6.61 Å². The van der Waals surface area contributed by atoms with Crippen molar-refractivity contribution in [2.75, 3.05) is 6.61 Å². The van der Waals surface area contributed by atoms with Crippen molar-refractivity contribution in [2.45, 2.75) is 12.4 Å². The van der Waals surface area contributed by atoms with Crippen molar-refractivity contribution in [3.05, 3.63) is 60.3 Å². The highest BCUT2D eigenvalue weighted by molar-refractivity contribution is 6.43. The maximum absolute atomic E-state index is 11.8. The summed E-state index contributed by atoms with van der Waals surface area (Å²) in [6.45, 7) is -0.241. The third-order valence-electron chi connectivity index (χ3n) is 2.99. The monoisotopic (exact) mass is 300 g/mol. The summed E-state index contributed by atoms with van der Waals surface area (Å²) in [7, 11) is -1.65. The summed E-state index contributed by atoms with van der Waals surface area (Å²) in [4.78, 5) is 15.8. The van der Waals surface area contributed by atoms with Gasteiger partial charge in [-0.1, -0.05) is 36.4 Å². The number of nitrogens with one attached hydrogen (secondary N) is 1. The molecule has 3 N–H and O–H groups in total. The molecule has 1 atom stereocenters. The molecule has 6 nitrogen and oxygen atoms in total. The van der Waals surface area contributed by atoms with Crippen molar-refractivity contribution in [1.29, 1.82) is 0 Å². The second kappa shape index (κ2) is 8.16. The lowest BCUT2D eigenvalue weighted by Crippen LogP contribution is -2.49. The number of benzene rings is 1. The van der Waals surface area contributed by atoms with E-state index < -0.39 is 19.0 Å². The Morgan fingerprint density at radius 1 is 1.18 bits per heavy atom. The van der Waals surface area contributed by atoms with Crippen molar-refractivity contribution in [2.24, 2.45) is 0 Å². The Morgan fingerprint density at radius 3 is 2.55 bits per heavy atom. The maximum Gasteiger partial charge on any atom is 0.475 e. The van der Waals surface area contributed by atoms with E-state index in [-0.39, 0.29) is 6.61 Å². The van der Waals surface area contributed by atoms with Crippen molar-refractivity contribution in [3.8, 4) is 5.88 Å². The van der Waals surface area contributed by atoms with Crippen molar-refractivity contribution in [1.82, 2.24) is 10.3 Å². The second-order valence-electron chi connectivity index (χ2n) is 4.73. The van der Waals surface area contributed by atoms with Crippen LogP contribution in [0.4, 0.5) is 0 Å². The molecule has 0 spiro atoms. The number of nitrogens with zero attached hydrogens (tertiary/aromatic N) is 1. The average molecular weight is 300 g/mol. The Kier molecular flexibility index (Phi) is 5.94. The summed E-state index contributed by atoms with van der Waals surface area (Å²) in [6, 6.07) is 14.4. The Morgan fingerprint density at radius 2 is 1.91 bits per heavy atom. The molecule has 1 amide bonds. The SMILES string of the molecule is O=C(COc1ccccn1)N[C@@H](Cc1ccccc1)B(O)O. The average Bonchev–Trinajstić information content (AvgIpc) is 2.54. The van der Waals surface area contributed by atoms with Crippen LogP contribution in [-0.4, -0.2) is 40.6 Å². The van der Waals surface area contributed by atoms with Gasteiger partial charge in [-0.25, -0.2) is 4.98 Å². The van der Waals surface area contributed by atoms with Gasteiger partial charge in [-0.2, -0.15) is 0 Å². The molecule has 0 fully saturated rings. The van der Waals surface area contributed by atoms with Crippen LogP contribution in [0.25, 0.3) is 0 Å². The fraction of sp³-hybridized carbons (Fsp3) is 0.200. The summed E-state index contributed by atoms with van der Waals surface area (Å²) in [6.07, 6.45) is 1.87. The highest BCUT2D eigenvalue weighted by Crippen LogP contribution is 2.05. The first-order valence-corrected chi connectivity index (χ1v) is 6.88. The molecular weight excluding hydrogens is 283 g/mol. The van der Waals surface area contributed by atoms with E-state index in [0.29, 0.717) is 12.3 Å². The zero-order valence-electron chi connectivity index (χ0n) is 11.9. The van der Waals surface area contributed by atoms with E-state index in [1.165, 1.54) is 0 Å². The van der Waals surface area contributed by atoms with Crippen LogP contribution in [0.3, 0.4) is 0 Å². The Bertz CT molecular complexity index is 581. The first-order chi connectivity index (χ1) is 10.6. The molecule has 2 aromatic rings. The Balaban J connectivity index is 1.86. The summed E-state index contributed by atoms with van der Waals surface area (Å²) in [5, 5.41) is 21.3. The molecular formula is C15H17BN2O4. The molecule has 0 unspecified atom stereocenters. The molecule has 0 aliphatic carbocycles. The van der Waals surface area contributed by atoms with E-state index in [9.17, 15) is 14.8 Å². The number of carbonyl (C=O) groups excluding carboxylic acids is 1. The number of carbonyl (C=O) groups is 1. The highest BCUT2D eigenvalue weighted by atomic mass is 16.5. The van der Waals surface area contributed by atoms with Crippen LogP contribution in [0.1, 0.15) is 5.56 Å². The van der Waals surface area contributed by atoms with Gasteiger partial charge in [0.25, 0.3) is 5.91 Å². The van der Waals surface area contributed by atoms with Crippen LogP contribution in [0.2, 0.25) is 0 Å². The van der Waals surface area contributed by atoms with Crippen LogP contribution in [-0.2, 0) is 11.2 Å². The summed E-state index contributed by atoms with van der Waals surface area (Å²) in [5.41, 5.74) is 0.895. The van der Waals surface area contributed by atoms with E-state index in [0.717, 1.165) is 5.56 Å². The van der Waals surface area contributed by atoms with E-state index in [2.05, 4.69) is 10.3 Å². The van der Waals surface area contributed by atoms with Crippen LogP contribution < -0.4 is 10.1 Å². The molecule has 1 aromatic heterocycles. The minimum absolute atomic E-state index is 0.241. The van der Waals surface area contributed by atoms with Gasteiger partial charge in [0, 0.05) is 12.3 Å². The van der Waals surface area contributed by atoms with Crippen LogP contribution in [0, 0.1) is 0 Å².